The van der Waals surface area contributed by atoms with E-state index in [9.17, 15) is 5.11 Å². The molecule has 20 heavy (non-hydrogen) atoms. The average molecular weight is 281 g/mol. The van der Waals surface area contributed by atoms with Crippen LogP contribution in [0.4, 0.5) is 0 Å². The van der Waals surface area contributed by atoms with Gasteiger partial charge in [0.25, 0.3) is 0 Å². The third kappa shape index (κ3) is 4.10. The van der Waals surface area contributed by atoms with E-state index >= 15 is 0 Å². The van der Waals surface area contributed by atoms with Gasteiger partial charge in [0.15, 0.2) is 11.5 Å². The zero-order chi connectivity index (χ0) is 14.4. The number of hydrogen-bond acceptors (Lipinski definition) is 5. The summed E-state index contributed by atoms with van der Waals surface area (Å²) in [4.78, 5) is 2.32. The maximum Gasteiger partial charge on any atom is 0.161 e. The van der Waals surface area contributed by atoms with Crippen molar-refractivity contribution < 1.29 is 19.3 Å². The highest BCUT2D eigenvalue weighted by Crippen LogP contribution is 2.30. The van der Waals surface area contributed by atoms with Crippen LogP contribution in [0, 0.1) is 0 Å². The van der Waals surface area contributed by atoms with E-state index in [1.165, 1.54) is 0 Å². The fourth-order valence-corrected chi connectivity index (χ4v) is 2.17. The average Bonchev–Trinajstić information content (AvgIpc) is 2.48. The Labute approximate surface area is 120 Å². The second kappa shape index (κ2) is 7.47. The first-order valence-corrected chi connectivity index (χ1v) is 6.99. The Bertz CT molecular complexity index is 416. The first-order chi connectivity index (χ1) is 9.70. The van der Waals surface area contributed by atoms with Crippen LogP contribution >= 0.6 is 0 Å². The number of hydrogen-bond donors (Lipinski definition) is 1. The van der Waals surface area contributed by atoms with Gasteiger partial charge in [-0.15, -0.1) is 0 Å². The largest absolute Gasteiger partial charge is 0.493 e. The molecule has 1 fully saturated rings. The molecule has 0 saturated carbocycles. The van der Waals surface area contributed by atoms with Crippen molar-refractivity contribution in [2.75, 3.05) is 46.6 Å². The smallest absolute Gasteiger partial charge is 0.161 e. The molecule has 0 aromatic heterocycles. The highest BCUT2D eigenvalue weighted by molar-refractivity contribution is 5.43. The van der Waals surface area contributed by atoms with E-state index in [0.717, 1.165) is 38.4 Å². The summed E-state index contributed by atoms with van der Waals surface area (Å²) >= 11 is 0. The van der Waals surface area contributed by atoms with E-state index in [-0.39, 0.29) is 0 Å². The van der Waals surface area contributed by atoms with Crippen LogP contribution in [0.2, 0.25) is 0 Å². The van der Waals surface area contributed by atoms with Crippen LogP contribution < -0.4 is 9.47 Å². The van der Waals surface area contributed by atoms with E-state index in [1.54, 1.807) is 14.0 Å². The maximum atomic E-state index is 9.57. The highest BCUT2D eigenvalue weighted by atomic mass is 16.5. The number of aliphatic hydroxyl groups excluding tert-OH is 1. The molecule has 1 aromatic rings. The fourth-order valence-electron chi connectivity index (χ4n) is 2.17. The van der Waals surface area contributed by atoms with Gasteiger partial charge in [0.2, 0.25) is 0 Å². The van der Waals surface area contributed by atoms with Crippen LogP contribution in [0.15, 0.2) is 18.2 Å². The number of morpholine rings is 1. The lowest BCUT2D eigenvalue weighted by Gasteiger charge is -2.26. The Hall–Kier alpha value is -1.30. The first-order valence-electron chi connectivity index (χ1n) is 6.99. The molecule has 1 saturated heterocycles. The summed E-state index contributed by atoms with van der Waals surface area (Å²) in [5.41, 5.74) is 0.822. The minimum absolute atomic E-state index is 0.508. The van der Waals surface area contributed by atoms with Gasteiger partial charge in [-0.25, -0.2) is 0 Å². The lowest BCUT2D eigenvalue weighted by atomic mass is 10.1. The van der Waals surface area contributed by atoms with Crippen molar-refractivity contribution in [3.63, 3.8) is 0 Å². The van der Waals surface area contributed by atoms with Crippen molar-refractivity contribution in [1.29, 1.82) is 0 Å². The quantitative estimate of drug-likeness (QED) is 0.855. The normalized spacial score (nSPS) is 17.8. The van der Waals surface area contributed by atoms with E-state index in [2.05, 4.69) is 4.90 Å². The van der Waals surface area contributed by atoms with Crippen molar-refractivity contribution >= 4 is 0 Å². The zero-order valence-corrected chi connectivity index (χ0v) is 12.2. The van der Waals surface area contributed by atoms with Crippen LogP contribution in [-0.2, 0) is 4.74 Å². The second-order valence-electron chi connectivity index (χ2n) is 4.89. The van der Waals surface area contributed by atoms with Crippen molar-refractivity contribution in [2.45, 2.75) is 13.0 Å². The molecule has 5 nitrogen and oxygen atoms in total. The van der Waals surface area contributed by atoms with Crippen LogP contribution in [0.25, 0.3) is 0 Å². The number of methoxy groups -OCH3 is 1. The predicted octanol–water partition coefficient (Wildman–Crippen LogP) is 1.46. The van der Waals surface area contributed by atoms with E-state index in [4.69, 9.17) is 14.2 Å². The number of ether oxygens (including phenoxy) is 3. The fraction of sp³-hybridized carbons (Fsp3) is 0.600. The Morgan fingerprint density at radius 2 is 2.05 bits per heavy atom. The van der Waals surface area contributed by atoms with Gasteiger partial charge in [0.1, 0.15) is 6.61 Å². The third-order valence-corrected chi connectivity index (χ3v) is 3.44. The number of benzene rings is 1. The lowest BCUT2D eigenvalue weighted by Crippen LogP contribution is -2.38. The van der Waals surface area contributed by atoms with Gasteiger partial charge in [-0.1, -0.05) is 6.07 Å². The van der Waals surface area contributed by atoms with E-state index < -0.39 is 6.10 Å². The Kier molecular flexibility index (Phi) is 5.64. The van der Waals surface area contributed by atoms with Crippen LogP contribution in [-0.4, -0.2) is 56.6 Å². The molecule has 1 heterocycles. The van der Waals surface area contributed by atoms with Gasteiger partial charge < -0.3 is 19.3 Å². The van der Waals surface area contributed by atoms with Crippen molar-refractivity contribution in [1.82, 2.24) is 4.90 Å². The standard InChI is InChI=1S/C15H23NO4/c1-12(17)13-3-4-14(15(11-13)18-2)20-10-7-16-5-8-19-9-6-16/h3-4,11-12,17H,5-10H2,1-2H3/t12-/m0/s1. The summed E-state index contributed by atoms with van der Waals surface area (Å²) in [6, 6.07) is 5.52. The monoisotopic (exact) mass is 281 g/mol. The van der Waals surface area contributed by atoms with Gasteiger partial charge in [-0.05, 0) is 24.6 Å². The van der Waals surface area contributed by atoms with Crippen molar-refractivity contribution in [2.24, 2.45) is 0 Å². The molecule has 2 rings (SSSR count). The molecule has 112 valence electrons. The molecule has 0 aliphatic carbocycles. The molecule has 1 atom stereocenters. The summed E-state index contributed by atoms with van der Waals surface area (Å²) in [6.45, 7) is 6.74. The summed E-state index contributed by atoms with van der Waals surface area (Å²) in [6.07, 6.45) is -0.508. The molecule has 1 aliphatic heterocycles. The number of aliphatic hydroxyl groups is 1. The molecule has 0 spiro atoms. The van der Waals surface area contributed by atoms with Gasteiger partial charge in [0.05, 0.1) is 26.4 Å². The summed E-state index contributed by atoms with van der Waals surface area (Å²) in [7, 11) is 1.61. The molecule has 1 aromatic carbocycles. The molecule has 0 amide bonds. The Morgan fingerprint density at radius 1 is 1.30 bits per heavy atom. The van der Waals surface area contributed by atoms with Gasteiger partial charge in [-0.2, -0.15) is 0 Å². The Balaban J connectivity index is 1.88. The molecule has 1 N–H and O–H groups in total. The van der Waals surface area contributed by atoms with Crippen LogP contribution in [0.1, 0.15) is 18.6 Å². The summed E-state index contributed by atoms with van der Waals surface area (Å²) in [5.74, 6) is 1.37. The molecule has 5 heteroatoms. The SMILES string of the molecule is COc1cc([C@H](C)O)ccc1OCCN1CCOCC1. The molecule has 1 aliphatic rings. The maximum absolute atomic E-state index is 9.57. The van der Waals surface area contributed by atoms with Crippen molar-refractivity contribution in [3.8, 4) is 11.5 Å². The molecular formula is C15H23NO4. The topological polar surface area (TPSA) is 51.2 Å². The van der Waals surface area contributed by atoms with E-state index in [0.29, 0.717) is 18.1 Å². The van der Waals surface area contributed by atoms with E-state index in [1.807, 2.05) is 18.2 Å². The highest BCUT2D eigenvalue weighted by Gasteiger charge is 2.12. The zero-order valence-electron chi connectivity index (χ0n) is 12.2. The van der Waals surface area contributed by atoms with Crippen molar-refractivity contribution in [3.05, 3.63) is 23.8 Å². The Morgan fingerprint density at radius 3 is 2.70 bits per heavy atom. The number of nitrogens with zero attached hydrogens (tertiary/aromatic N) is 1. The first kappa shape index (κ1) is 15.1. The number of rotatable bonds is 6. The minimum Gasteiger partial charge on any atom is -0.493 e. The van der Waals surface area contributed by atoms with Crippen LogP contribution in [0.3, 0.4) is 0 Å². The van der Waals surface area contributed by atoms with Gasteiger partial charge in [0, 0.05) is 19.6 Å². The van der Waals surface area contributed by atoms with Gasteiger partial charge >= 0.3 is 0 Å². The molecule has 0 bridgehead atoms. The predicted molar refractivity (Wildman–Crippen MR) is 76.4 cm³/mol. The minimum atomic E-state index is -0.508. The van der Waals surface area contributed by atoms with Crippen LogP contribution in [0.5, 0.6) is 11.5 Å². The molecular weight excluding hydrogens is 258 g/mol. The molecule has 0 unspecified atom stereocenters. The molecule has 0 radical (unpaired) electrons. The van der Waals surface area contributed by atoms with Gasteiger partial charge in [-0.3, -0.25) is 4.90 Å². The lowest BCUT2D eigenvalue weighted by molar-refractivity contribution is 0.0321. The second-order valence-corrected chi connectivity index (χ2v) is 4.89. The summed E-state index contributed by atoms with van der Waals surface area (Å²) in [5, 5.41) is 9.57. The summed E-state index contributed by atoms with van der Waals surface area (Å²) < 4.78 is 16.4. The third-order valence-electron chi connectivity index (χ3n) is 3.44.